The van der Waals surface area contributed by atoms with E-state index < -0.39 is 16.6 Å². The molecule has 1 aromatic heterocycles. The summed E-state index contributed by atoms with van der Waals surface area (Å²) < 4.78 is 9.91. The number of alkyl halides is 1. The molecule has 0 aliphatic carbocycles. The third-order valence-electron chi connectivity index (χ3n) is 2.54. The van der Waals surface area contributed by atoms with Crippen molar-refractivity contribution in [3.63, 3.8) is 0 Å². The molecule has 0 saturated carbocycles. The Balaban J connectivity index is 2.09. The monoisotopic (exact) mass is 246 g/mol. The van der Waals surface area contributed by atoms with Crippen LogP contribution in [-0.4, -0.2) is 23.7 Å². The maximum absolute atomic E-state index is 11.4. The summed E-state index contributed by atoms with van der Waals surface area (Å²) in [5.41, 5.74) is -0.646. The fraction of sp³-hybridized carbons (Fsp3) is 0.500. The van der Waals surface area contributed by atoms with Crippen molar-refractivity contribution in [2.24, 2.45) is 0 Å². The van der Waals surface area contributed by atoms with E-state index >= 15 is 0 Å². The van der Waals surface area contributed by atoms with Crippen LogP contribution in [0.15, 0.2) is 17.5 Å². The van der Waals surface area contributed by atoms with E-state index in [2.05, 4.69) is 4.74 Å². The van der Waals surface area contributed by atoms with Crippen molar-refractivity contribution in [2.45, 2.75) is 24.0 Å². The van der Waals surface area contributed by atoms with Gasteiger partial charge in [0.05, 0.1) is 7.11 Å². The van der Waals surface area contributed by atoms with E-state index in [1.54, 1.807) is 11.3 Å². The van der Waals surface area contributed by atoms with Gasteiger partial charge in [0.1, 0.15) is 5.60 Å². The zero-order valence-corrected chi connectivity index (χ0v) is 10.0. The molecule has 0 spiro atoms. The Bertz CT molecular complexity index is 378. The number of esters is 1. The lowest BCUT2D eigenvalue weighted by molar-refractivity contribution is -0.143. The van der Waals surface area contributed by atoms with Gasteiger partial charge in [0.15, 0.2) is 0 Å². The molecule has 1 aliphatic rings. The predicted octanol–water partition coefficient (Wildman–Crippen LogP) is 2.19. The van der Waals surface area contributed by atoms with Gasteiger partial charge < -0.3 is 9.47 Å². The number of hydrogen-bond acceptors (Lipinski definition) is 4. The highest BCUT2D eigenvalue weighted by Gasteiger charge is 2.72. The van der Waals surface area contributed by atoms with Crippen molar-refractivity contribution in [3.05, 3.63) is 22.4 Å². The molecule has 0 amide bonds. The van der Waals surface area contributed by atoms with Gasteiger partial charge in [0, 0.05) is 11.3 Å². The number of epoxide rings is 1. The Kier molecular flexibility index (Phi) is 2.53. The molecule has 2 rings (SSSR count). The zero-order chi connectivity index (χ0) is 11.1. The Hall–Kier alpha value is -0.580. The average Bonchev–Trinajstić information content (AvgIpc) is 2.60. The molecular formula is C10H11ClO3S. The first kappa shape index (κ1) is 10.9. The molecule has 1 aromatic rings. The standard InChI is InChI=1S/C10H11ClO3S/c1-9(6-7-4-3-5-15-7)10(11,14-9)8(12)13-2/h3-5H,6H2,1-2H3. The van der Waals surface area contributed by atoms with E-state index in [9.17, 15) is 4.79 Å². The van der Waals surface area contributed by atoms with Crippen LogP contribution in [0.25, 0.3) is 0 Å². The first-order valence-electron chi connectivity index (χ1n) is 4.52. The van der Waals surface area contributed by atoms with Crippen molar-refractivity contribution in [1.29, 1.82) is 0 Å². The molecule has 82 valence electrons. The van der Waals surface area contributed by atoms with Gasteiger partial charge >= 0.3 is 5.97 Å². The minimum absolute atomic E-state index is 0.525. The number of ether oxygens (including phenoxy) is 2. The Labute approximate surface area is 96.9 Å². The lowest BCUT2D eigenvalue weighted by Gasteiger charge is -2.07. The quantitative estimate of drug-likeness (QED) is 0.466. The van der Waals surface area contributed by atoms with Crippen molar-refractivity contribution in [2.75, 3.05) is 7.11 Å². The third-order valence-corrected chi connectivity index (χ3v) is 4.05. The lowest BCUT2D eigenvalue weighted by atomic mass is 10.0. The third kappa shape index (κ3) is 1.67. The SMILES string of the molecule is COC(=O)C1(Cl)OC1(C)Cc1cccs1. The van der Waals surface area contributed by atoms with Crippen molar-refractivity contribution < 1.29 is 14.3 Å². The van der Waals surface area contributed by atoms with E-state index in [4.69, 9.17) is 16.3 Å². The zero-order valence-electron chi connectivity index (χ0n) is 8.45. The van der Waals surface area contributed by atoms with Crippen molar-refractivity contribution in [1.82, 2.24) is 0 Å². The van der Waals surface area contributed by atoms with Crippen LogP contribution in [0.5, 0.6) is 0 Å². The van der Waals surface area contributed by atoms with Crippen LogP contribution in [0.1, 0.15) is 11.8 Å². The van der Waals surface area contributed by atoms with Gasteiger partial charge in [0.2, 0.25) is 0 Å². The summed E-state index contributed by atoms with van der Waals surface area (Å²) in [7, 11) is 1.31. The van der Waals surface area contributed by atoms with E-state index in [0.717, 1.165) is 4.88 Å². The predicted molar refractivity (Wildman–Crippen MR) is 58.1 cm³/mol. The van der Waals surface area contributed by atoms with Gasteiger partial charge in [-0.05, 0) is 18.4 Å². The second-order valence-corrected chi connectivity index (χ2v) is 5.24. The van der Waals surface area contributed by atoms with Gasteiger partial charge in [-0.1, -0.05) is 17.7 Å². The highest BCUT2D eigenvalue weighted by molar-refractivity contribution is 7.09. The average molecular weight is 247 g/mol. The Morgan fingerprint density at radius 3 is 3.00 bits per heavy atom. The summed E-state index contributed by atoms with van der Waals surface area (Å²) in [6.07, 6.45) is 0.628. The number of methoxy groups -OCH3 is 1. The summed E-state index contributed by atoms with van der Waals surface area (Å²) in [5, 5.41) is 0.681. The number of thiophene rings is 1. The summed E-state index contributed by atoms with van der Waals surface area (Å²) in [5.74, 6) is -0.525. The maximum atomic E-state index is 11.4. The second kappa shape index (κ2) is 3.47. The number of rotatable bonds is 3. The molecule has 2 unspecified atom stereocenters. The molecule has 0 radical (unpaired) electrons. The Morgan fingerprint density at radius 2 is 2.47 bits per heavy atom. The van der Waals surface area contributed by atoms with Crippen LogP contribution >= 0.6 is 22.9 Å². The maximum Gasteiger partial charge on any atom is 0.357 e. The van der Waals surface area contributed by atoms with E-state index in [0.29, 0.717) is 6.42 Å². The molecule has 2 heterocycles. The molecule has 2 atom stereocenters. The fourth-order valence-electron chi connectivity index (χ4n) is 1.57. The summed E-state index contributed by atoms with van der Waals surface area (Å²) >= 11 is 7.65. The minimum atomic E-state index is -1.30. The van der Waals surface area contributed by atoms with Crippen molar-refractivity contribution in [3.8, 4) is 0 Å². The molecule has 1 fully saturated rings. The summed E-state index contributed by atoms with van der Waals surface area (Å²) in [6, 6.07) is 3.95. The minimum Gasteiger partial charge on any atom is -0.466 e. The largest absolute Gasteiger partial charge is 0.466 e. The topological polar surface area (TPSA) is 38.8 Å². The first-order chi connectivity index (χ1) is 7.02. The van der Waals surface area contributed by atoms with Gasteiger partial charge in [-0.2, -0.15) is 0 Å². The van der Waals surface area contributed by atoms with Gasteiger partial charge in [-0.3, -0.25) is 0 Å². The van der Waals surface area contributed by atoms with Gasteiger partial charge in [-0.25, -0.2) is 4.79 Å². The number of halogens is 1. The highest BCUT2D eigenvalue weighted by Crippen LogP contribution is 2.54. The van der Waals surface area contributed by atoms with E-state index in [1.165, 1.54) is 7.11 Å². The summed E-state index contributed by atoms with van der Waals surface area (Å²) in [6.45, 7) is 1.82. The molecule has 3 nitrogen and oxygen atoms in total. The number of hydrogen-bond donors (Lipinski definition) is 0. The second-order valence-electron chi connectivity index (χ2n) is 3.68. The van der Waals surface area contributed by atoms with Gasteiger partial charge in [0.25, 0.3) is 5.06 Å². The highest BCUT2D eigenvalue weighted by atomic mass is 35.5. The smallest absolute Gasteiger partial charge is 0.357 e. The van der Waals surface area contributed by atoms with Crippen LogP contribution in [0.4, 0.5) is 0 Å². The van der Waals surface area contributed by atoms with E-state index in [-0.39, 0.29) is 0 Å². The van der Waals surface area contributed by atoms with Crippen molar-refractivity contribution >= 4 is 28.9 Å². The van der Waals surface area contributed by atoms with Crippen LogP contribution < -0.4 is 0 Å². The fourth-order valence-corrected chi connectivity index (χ4v) is 2.73. The van der Waals surface area contributed by atoms with Gasteiger partial charge in [-0.15, -0.1) is 11.3 Å². The number of carbonyl (C=O) groups excluding carboxylic acids is 1. The summed E-state index contributed by atoms with van der Waals surface area (Å²) in [4.78, 5) is 12.5. The van der Waals surface area contributed by atoms with Crippen LogP contribution in [0.2, 0.25) is 0 Å². The van der Waals surface area contributed by atoms with E-state index in [1.807, 2.05) is 24.4 Å². The Morgan fingerprint density at radius 1 is 1.73 bits per heavy atom. The lowest BCUT2D eigenvalue weighted by Crippen LogP contribution is -2.29. The number of carbonyl (C=O) groups is 1. The van der Waals surface area contributed by atoms with Crippen LogP contribution in [-0.2, 0) is 20.7 Å². The molecule has 15 heavy (non-hydrogen) atoms. The molecule has 1 aliphatic heterocycles. The molecule has 5 heteroatoms. The molecule has 0 bridgehead atoms. The van der Waals surface area contributed by atoms with Crippen LogP contribution in [0.3, 0.4) is 0 Å². The molecule has 0 N–H and O–H groups in total. The normalized spacial score (nSPS) is 33.8. The molecule has 1 saturated heterocycles. The molecule has 0 aromatic carbocycles. The first-order valence-corrected chi connectivity index (χ1v) is 5.77. The van der Waals surface area contributed by atoms with Crippen LogP contribution in [0, 0.1) is 0 Å². The molecular weight excluding hydrogens is 236 g/mol.